The minimum Gasteiger partial charge on any atom is -0.398 e. The highest BCUT2D eigenvalue weighted by Gasteiger charge is 2.24. The van der Waals surface area contributed by atoms with Gasteiger partial charge in [-0.2, -0.15) is 4.39 Å². The molecule has 0 radical (unpaired) electrons. The van der Waals surface area contributed by atoms with Crippen LogP contribution >= 0.6 is 0 Å². The van der Waals surface area contributed by atoms with Crippen molar-refractivity contribution in [1.82, 2.24) is 0 Å². The van der Waals surface area contributed by atoms with Gasteiger partial charge in [0.15, 0.2) is 0 Å². The van der Waals surface area contributed by atoms with Gasteiger partial charge in [0.05, 0.1) is 40.7 Å². The molecule has 2 aromatic rings. The Labute approximate surface area is 196 Å². The largest absolute Gasteiger partial charge is 0.398 e. The lowest BCUT2D eigenvalue weighted by Gasteiger charge is -2.31. The van der Waals surface area contributed by atoms with Crippen LogP contribution in [0.2, 0.25) is 0 Å². The van der Waals surface area contributed by atoms with Crippen molar-refractivity contribution in [2.75, 3.05) is 48.8 Å². The van der Waals surface area contributed by atoms with Crippen LogP contribution < -0.4 is 16.0 Å². The van der Waals surface area contributed by atoms with Gasteiger partial charge in [0.1, 0.15) is 0 Å². The van der Waals surface area contributed by atoms with Crippen molar-refractivity contribution in [2.45, 2.75) is 25.9 Å². The Morgan fingerprint density at radius 1 is 1.38 bits per heavy atom. The fourth-order valence-corrected chi connectivity index (χ4v) is 3.43. The fourth-order valence-electron chi connectivity index (χ4n) is 3.43. The van der Waals surface area contributed by atoms with Gasteiger partial charge >= 0.3 is 5.69 Å². The standard InChI is InChI=1S/C23H28FN5O5/c1-23(2,31)6-7-26-14-15-12-18(20(13-17(15)25)28-8-10-34-11-9-28)27-22(30)16-4-3-5-19(21(16)24)29(32)33/h3-5,12-14,31H,6-11,25H2,1-2H3,(H,27,30). The van der Waals surface area contributed by atoms with Gasteiger partial charge in [-0.15, -0.1) is 0 Å². The zero-order chi connectivity index (χ0) is 24.9. The second-order valence-electron chi connectivity index (χ2n) is 8.55. The molecule has 11 heteroatoms. The summed E-state index contributed by atoms with van der Waals surface area (Å²) in [6.45, 7) is 5.86. The first-order valence-electron chi connectivity index (χ1n) is 10.8. The van der Waals surface area contributed by atoms with Crippen LogP contribution in [0.25, 0.3) is 0 Å². The molecule has 3 rings (SSSR count). The maximum absolute atomic E-state index is 14.6. The summed E-state index contributed by atoms with van der Waals surface area (Å²) in [5.74, 6) is -2.04. The molecule has 0 atom stereocenters. The summed E-state index contributed by atoms with van der Waals surface area (Å²) in [6, 6.07) is 6.75. The smallest absolute Gasteiger partial charge is 0.305 e. The first-order valence-corrected chi connectivity index (χ1v) is 10.8. The van der Waals surface area contributed by atoms with Crippen molar-refractivity contribution in [2.24, 2.45) is 4.99 Å². The molecule has 0 spiro atoms. The molecule has 1 aliphatic rings. The number of nitro groups is 1. The summed E-state index contributed by atoms with van der Waals surface area (Å²) in [6.07, 6.45) is 2.00. The quantitative estimate of drug-likeness (QED) is 0.231. The molecule has 0 unspecified atom stereocenters. The number of aliphatic hydroxyl groups is 1. The number of carbonyl (C=O) groups excluding carboxylic acids is 1. The van der Waals surface area contributed by atoms with Gasteiger partial charge < -0.3 is 25.8 Å². The number of nitrogens with two attached hydrogens (primary N) is 1. The number of benzene rings is 2. The van der Waals surface area contributed by atoms with Crippen LogP contribution in [0.3, 0.4) is 0 Å². The molecule has 0 aliphatic carbocycles. The van der Waals surface area contributed by atoms with E-state index in [0.717, 1.165) is 6.07 Å². The lowest BCUT2D eigenvalue weighted by Crippen LogP contribution is -2.37. The zero-order valence-electron chi connectivity index (χ0n) is 19.1. The van der Waals surface area contributed by atoms with E-state index in [1.165, 1.54) is 12.1 Å². The molecule has 10 nitrogen and oxygen atoms in total. The number of carbonyl (C=O) groups is 1. The van der Waals surface area contributed by atoms with Crippen LogP contribution in [0.15, 0.2) is 35.3 Å². The van der Waals surface area contributed by atoms with Crippen molar-refractivity contribution < 1.29 is 24.0 Å². The highest BCUT2D eigenvalue weighted by molar-refractivity contribution is 6.07. The van der Waals surface area contributed by atoms with E-state index in [0.29, 0.717) is 61.9 Å². The van der Waals surface area contributed by atoms with Gasteiger partial charge in [0, 0.05) is 43.2 Å². The van der Waals surface area contributed by atoms with E-state index < -0.39 is 33.5 Å². The van der Waals surface area contributed by atoms with Crippen molar-refractivity contribution in [1.29, 1.82) is 0 Å². The summed E-state index contributed by atoms with van der Waals surface area (Å²) in [4.78, 5) is 29.4. The van der Waals surface area contributed by atoms with Crippen LogP contribution in [-0.2, 0) is 4.74 Å². The van der Waals surface area contributed by atoms with E-state index in [2.05, 4.69) is 10.3 Å². The van der Waals surface area contributed by atoms with E-state index in [9.17, 15) is 24.4 Å². The van der Waals surface area contributed by atoms with E-state index in [4.69, 9.17) is 10.5 Å². The van der Waals surface area contributed by atoms with E-state index >= 15 is 0 Å². The third-order valence-electron chi connectivity index (χ3n) is 5.30. The summed E-state index contributed by atoms with van der Waals surface area (Å²) in [5.41, 5.74) is 6.09. The number of anilines is 3. The summed E-state index contributed by atoms with van der Waals surface area (Å²) >= 11 is 0. The summed E-state index contributed by atoms with van der Waals surface area (Å²) < 4.78 is 20.0. The number of nitrogens with zero attached hydrogens (tertiary/aromatic N) is 3. The number of amides is 1. The number of hydrogen-bond donors (Lipinski definition) is 3. The molecule has 0 aromatic heterocycles. The van der Waals surface area contributed by atoms with E-state index in [1.54, 1.807) is 32.2 Å². The van der Waals surface area contributed by atoms with Crippen LogP contribution in [-0.4, -0.2) is 60.6 Å². The maximum atomic E-state index is 14.6. The third-order valence-corrected chi connectivity index (χ3v) is 5.30. The van der Waals surface area contributed by atoms with Gasteiger partial charge in [0.2, 0.25) is 5.82 Å². The number of nitro benzene ring substituents is 1. The van der Waals surface area contributed by atoms with Crippen LogP contribution in [0.1, 0.15) is 36.2 Å². The fraction of sp³-hybridized carbons (Fsp3) is 0.391. The zero-order valence-corrected chi connectivity index (χ0v) is 19.1. The Morgan fingerprint density at radius 2 is 2.09 bits per heavy atom. The van der Waals surface area contributed by atoms with Crippen molar-refractivity contribution >= 4 is 34.9 Å². The number of nitrogens with one attached hydrogen (secondary N) is 1. The molecular formula is C23H28FN5O5. The Bertz CT molecular complexity index is 1090. The molecule has 4 N–H and O–H groups in total. The number of aliphatic imine (C=N–C) groups is 1. The predicted octanol–water partition coefficient (Wildman–Crippen LogP) is 2.98. The van der Waals surface area contributed by atoms with Crippen molar-refractivity contribution in [3.63, 3.8) is 0 Å². The number of hydrogen-bond acceptors (Lipinski definition) is 8. The molecule has 1 aliphatic heterocycles. The highest BCUT2D eigenvalue weighted by atomic mass is 19.1. The monoisotopic (exact) mass is 473 g/mol. The lowest BCUT2D eigenvalue weighted by atomic mass is 10.1. The Balaban J connectivity index is 1.94. The molecule has 1 fully saturated rings. The van der Waals surface area contributed by atoms with Crippen LogP contribution in [0, 0.1) is 15.9 Å². The molecule has 1 heterocycles. The van der Waals surface area contributed by atoms with Crippen LogP contribution in [0.5, 0.6) is 0 Å². The number of rotatable bonds is 8. The summed E-state index contributed by atoms with van der Waals surface area (Å²) in [7, 11) is 0. The Kier molecular flexibility index (Phi) is 7.79. The maximum Gasteiger partial charge on any atom is 0.305 e. The SMILES string of the molecule is CC(C)(O)CCN=Cc1cc(NC(=O)c2cccc([N+](=O)[O-])c2F)c(N2CCOCC2)cc1N. The second kappa shape index (κ2) is 10.6. The van der Waals surface area contributed by atoms with Gasteiger partial charge in [-0.05, 0) is 38.5 Å². The Morgan fingerprint density at radius 3 is 2.74 bits per heavy atom. The van der Waals surface area contributed by atoms with Crippen molar-refractivity contribution in [3.8, 4) is 0 Å². The van der Waals surface area contributed by atoms with Crippen molar-refractivity contribution in [3.05, 3.63) is 57.4 Å². The molecule has 2 aromatic carbocycles. The molecule has 182 valence electrons. The number of halogens is 1. The number of ether oxygens (including phenoxy) is 1. The molecular weight excluding hydrogens is 445 g/mol. The first kappa shape index (κ1) is 25.1. The van der Waals surface area contributed by atoms with Gasteiger partial charge in [-0.25, -0.2) is 0 Å². The predicted molar refractivity (Wildman–Crippen MR) is 128 cm³/mol. The average Bonchev–Trinajstić information content (AvgIpc) is 2.78. The molecule has 0 saturated carbocycles. The van der Waals surface area contributed by atoms with E-state index in [-0.39, 0.29) is 0 Å². The topological polar surface area (TPSA) is 143 Å². The normalized spacial score (nSPS) is 14.4. The first-order chi connectivity index (χ1) is 16.1. The summed E-state index contributed by atoms with van der Waals surface area (Å²) in [5, 5.41) is 23.6. The van der Waals surface area contributed by atoms with Gasteiger partial charge in [0.25, 0.3) is 5.91 Å². The average molecular weight is 474 g/mol. The van der Waals surface area contributed by atoms with Gasteiger partial charge in [-0.3, -0.25) is 19.9 Å². The van der Waals surface area contributed by atoms with E-state index in [1.807, 2.05) is 4.90 Å². The van der Waals surface area contributed by atoms with Crippen LogP contribution in [0.4, 0.5) is 27.1 Å². The number of nitrogen functional groups attached to an aromatic ring is 1. The Hall–Kier alpha value is -3.57. The molecule has 0 bridgehead atoms. The molecule has 1 saturated heterocycles. The number of morpholine rings is 1. The molecule has 1 amide bonds. The van der Waals surface area contributed by atoms with Gasteiger partial charge in [-0.1, -0.05) is 6.07 Å². The minimum absolute atomic E-state index is 0.357. The molecule has 34 heavy (non-hydrogen) atoms. The minimum atomic E-state index is -1.21. The third kappa shape index (κ3) is 6.27. The lowest BCUT2D eigenvalue weighted by molar-refractivity contribution is -0.387. The second-order valence-corrected chi connectivity index (χ2v) is 8.55. The highest BCUT2D eigenvalue weighted by Crippen LogP contribution is 2.32.